The van der Waals surface area contributed by atoms with E-state index in [0.717, 1.165) is 0 Å². The first kappa shape index (κ1) is 22.8. The molecule has 7 nitrogen and oxygen atoms in total. The number of nitrogens with two attached hydrogens (primary N) is 1. The summed E-state index contributed by atoms with van der Waals surface area (Å²) in [7, 11) is 0. The van der Waals surface area contributed by atoms with Crippen LogP contribution in [0.4, 0.5) is 23.2 Å². The average Bonchev–Trinajstić information content (AvgIpc) is 3.49. The number of fused-ring (bicyclic) bond motifs is 6. The average molecular weight is 520 g/mol. The van der Waals surface area contributed by atoms with E-state index in [1.807, 2.05) is 0 Å². The van der Waals surface area contributed by atoms with Crippen LogP contribution in [0.25, 0.3) is 11.1 Å². The molecule has 38 heavy (non-hydrogen) atoms. The van der Waals surface area contributed by atoms with Crippen LogP contribution in [0.2, 0.25) is 0 Å². The maximum Gasteiger partial charge on any atom is 0.251 e. The van der Waals surface area contributed by atoms with Crippen molar-refractivity contribution in [3.63, 3.8) is 0 Å². The van der Waals surface area contributed by atoms with Gasteiger partial charge < -0.3 is 15.4 Å². The van der Waals surface area contributed by atoms with Gasteiger partial charge in [-0.15, -0.1) is 0 Å². The molecule has 7 rings (SSSR count). The Morgan fingerprint density at radius 2 is 1.76 bits per heavy atom. The zero-order valence-electron chi connectivity index (χ0n) is 19.8. The van der Waals surface area contributed by atoms with E-state index < -0.39 is 23.2 Å². The SMILES string of the molecule is NC1=NC2(c3cc(-c4cccnc4F)ccc3Oc3c(F)cc(N4CCC(F)(F)CC4)cc32)c2nccn21. The molecule has 1 atom stereocenters. The molecule has 11 heteroatoms. The van der Waals surface area contributed by atoms with Crippen LogP contribution in [0.15, 0.2) is 66.0 Å². The summed E-state index contributed by atoms with van der Waals surface area (Å²) in [6, 6.07) is 11.2. The number of aromatic nitrogens is 3. The van der Waals surface area contributed by atoms with E-state index in [0.29, 0.717) is 34.0 Å². The summed E-state index contributed by atoms with van der Waals surface area (Å²) in [6.07, 6.45) is 3.91. The number of alkyl halides is 2. The molecule has 0 saturated carbocycles. The fourth-order valence-corrected chi connectivity index (χ4v) is 5.54. The third-order valence-corrected chi connectivity index (χ3v) is 7.42. The molecular formula is C27H20F4N6O. The highest BCUT2D eigenvalue weighted by Gasteiger charge is 2.52. The predicted octanol–water partition coefficient (Wildman–Crippen LogP) is 5.03. The van der Waals surface area contributed by atoms with Crippen molar-refractivity contribution in [2.75, 3.05) is 18.0 Å². The smallest absolute Gasteiger partial charge is 0.251 e. The molecule has 2 aromatic heterocycles. The summed E-state index contributed by atoms with van der Waals surface area (Å²) in [4.78, 5) is 14.8. The quantitative estimate of drug-likeness (QED) is 0.296. The van der Waals surface area contributed by atoms with Crippen LogP contribution in [0, 0.1) is 11.8 Å². The van der Waals surface area contributed by atoms with Crippen LogP contribution >= 0.6 is 0 Å². The van der Waals surface area contributed by atoms with Crippen molar-refractivity contribution in [1.82, 2.24) is 14.5 Å². The van der Waals surface area contributed by atoms with Crippen LogP contribution in [-0.2, 0) is 5.54 Å². The molecular weight excluding hydrogens is 500 g/mol. The fourth-order valence-electron chi connectivity index (χ4n) is 5.54. The third-order valence-electron chi connectivity index (χ3n) is 7.42. The van der Waals surface area contributed by atoms with Crippen molar-refractivity contribution in [3.05, 3.63) is 89.8 Å². The van der Waals surface area contributed by atoms with Crippen molar-refractivity contribution < 1.29 is 22.3 Å². The van der Waals surface area contributed by atoms with E-state index in [2.05, 4.69) is 9.97 Å². The summed E-state index contributed by atoms with van der Waals surface area (Å²) in [6.45, 7) is 0.139. The molecule has 192 valence electrons. The molecule has 1 fully saturated rings. The van der Waals surface area contributed by atoms with Crippen molar-refractivity contribution in [3.8, 4) is 22.6 Å². The molecule has 0 aliphatic carbocycles. The fraction of sp³-hybridized carbons (Fsp3) is 0.222. The largest absolute Gasteiger partial charge is 0.453 e. The standard InChI is InChI=1S/C27H20F4N6O/c28-20-14-16(36-9-5-26(30,31)6-10-36)13-19-22(20)38-21-4-3-15(17-2-1-7-33-23(17)29)12-18(21)27(19)24-34-8-11-37(24)25(32)35-27/h1-4,7-8,11-14H,5-6,9-10H2,(H2,32,35). The van der Waals surface area contributed by atoms with Gasteiger partial charge in [0.25, 0.3) is 5.92 Å². The number of benzene rings is 2. The van der Waals surface area contributed by atoms with Gasteiger partial charge in [0.15, 0.2) is 22.9 Å². The zero-order valence-corrected chi connectivity index (χ0v) is 19.8. The van der Waals surface area contributed by atoms with Crippen molar-refractivity contribution in [2.45, 2.75) is 24.3 Å². The van der Waals surface area contributed by atoms with E-state index in [1.54, 1.807) is 58.3 Å². The summed E-state index contributed by atoms with van der Waals surface area (Å²) < 4.78 is 65.6. The molecule has 1 unspecified atom stereocenters. The first-order valence-corrected chi connectivity index (χ1v) is 12.1. The van der Waals surface area contributed by atoms with E-state index in [9.17, 15) is 13.2 Å². The number of pyridine rings is 1. The Bertz CT molecular complexity index is 1640. The molecule has 2 N–H and O–H groups in total. The number of anilines is 1. The second-order valence-electron chi connectivity index (χ2n) is 9.60. The van der Waals surface area contributed by atoms with Gasteiger partial charge in [0.05, 0.1) is 0 Å². The first-order valence-electron chi connectivity index (χ1n) is 12.1. The number of hydrogen-bond acceptors (Lipinski definition) is 6. The maximum atomic E-state index is 15.7. The minimum Gasteiger partial charge on any atom is -0.453 e. The van der Waals surface area contributed by atoms with Crippen LogP contribution in [0.3, 0.4) is 0 Å². The van der Waals surface area contributed by atoms with Crippen LogP contribution < -0.4 is 15.4 Å². The second-order valence-corrected chi connectivity index (χ2v) is 9.60. The Labute approximate surface area is 214 Å². The van der Waals surface area contributed by atoms with Gasteiger partial charge >= 0.3 is 0 Å². The van der Waals surface area contributed by atoms with Gasteiger partial charge in [-0.2, -0.15) is 4.39 Å². The topological polar surface area (TPSA) is 81.6 Å². The number of aliphatic imine (C=N–C) groups is 1. The predicted molar refractivity (Wildman–Crippen MR) is 132 cm³/mol. The summed E-state index contributed by atoms with van der Waals surface area (Å²) >= 11 is 0. The van der Waals surface area contributed by atoms with Gasteiger partial charge in [0.2, 0.25) is 11.9 Å². The Hall–Kier alpha value is -4.41. The summed E-state index contributed by atoms with van der Waals surface area (Å²) in [5.41, 5.74) is 6.91. The lowest BCUT2D eigenvalue weighted by molar-refractivity contribution is -0.0220. The van der Waals surface area contributed by atoms with Crippen LogP contribution in [-0.4, -0.2) is 39.5 Å². The Kier molecular flexibility index (Phi) is 4.67. The van der Waals surface area contributed by atoms with Gasteiger partial charge in [-0.05, 0) is 35.9 Å². The first-order chi connectivity index (χ1) is 18.3. The molecule has 0 radical (unpaired) electrons. The minimum atomic E-state index is -2.75. The molecule has 4 aromatic rings. The lowest BCUT2D eigenvalue weighted by Gasteiger charge is -2.37. The Balaban J connectivity index is 1.46. The maximum absolute atomic E-state index is 15.7. The summed E-state index contributed by atoms with van der Waals surface area (Å²) in [5, 5.41) is 0. The highest BCUT2D eigenvalue weighted by atomic mass is 19.3. The zero-order chi connectivity index (χ0) is 26.2. The van der Waals surface area contributed by atoms with E-state index in [-0.39, 0.29) is 43.2 Å². The molecule has 1 saturated heterocycles. The van der Waals surface area contributed by atoms with Gasteiger partial charge in [0.1, 0.15) is 5.75 Å². The highest BCUT2D eigenvalue weighted by Crippen LogP contribution is 2.56. The van der Waals surface area contributed by atoms with Crippen molar-refractivity contribution in [1.29, 1.82) is 0 Å². The molecule has 2 aromatic carbocycles. The van der Waals surface area contributed by atoms with Crippen molar-refractivity contribution >= 4 is 11.6 Å². The molecule has 3 aliphatic heterocycles. The molecule has 1 spiro atoms. The second kappa shape index (κ2) is 7.80. The Morgan fingerprint density at radius 3 is 2.55 bits per heavy atom. The number of halogens is 4. The number of ether oxygens (including phenoxy) is 1. The number of imidazole rings is 1. The molecule has 3 aliphatic rings. The van der Waals surface area contributed by atoms with Crippen LogP contribution in [0.1, 0.15) is 29.8 Å². The Morgan fingerprint density at radius 1 is 0.947 bits per heavy atom. The summed E-state index contributed by atoms with van der Waals surface area (Å²) in [5.74, 6) is -3.27. The normalized spacial score (nSPS) is 20.9. The minimum absolute atomic E-state index is 0.0584. The highest BCUT2D eigenvalue weighted by molar-refractivity contribution is 5.87. The van der Waals surface area contributed by atoms with Gasteiger partial charge in [-0.3, -0.25) is 4.57 Å². The van der Waals surface area contributed by atoms with Crippen molar-refractivity contribution in [2.24, 2.45) is 10.7 Å². The van der Waals surface area contributed by atoms with Gasteiger partial charge in [-0.1, -0.05) is 6.07 Å². The monoisotopic (exact) mass is 520 g/mol. The lowest BCUT2D eigenvalue weighted by Crippen LogP contribution is -2.39. The molecule has 5 heterocycles. The number of hydrogen-bond donors (Lipinski definition) is 1. The molecule has 0 amide bonds. The lowest BCUT2D eigenvalue weighted by atomic mass is 9.78. The van der Waals surface area contributed by atoms with E-state index in [1.165, 1.54) is 12.3 Å². The van der Waals surface area contributed by atoms with E-state index >= 15 is 4.39 Å². The number of rotatable bonds is 2. The number of nitrogens with zero attached hydrogens (tertiary/aromatic N) is 5. The van der Waals surface area contributed by atoms with E-state index in [4.69, 9.17) is 15.5 Å². The number of piperidine rings is 1. The molecule has 0 bridgehead atoms. The van der Waals surface area contributed by atoms with Gasteiger partial charge in [-0.25, -0.2) is 28.1 Å². The third kappa shape index (κ3) is 3.17. The van der Waals surface area contributed by atoms with Gasteiger partial charge in [0, 0.05) is 73.0 Å². The van der Waals surface area contributed by atoms with Crippen LogP contribution in [0.5, 0.6) is 11.5 Å².